The molecule has 0 radical (unpaired) electrons. The SMILES string of the molecule is C/C(=N\NC(=O)c1cccc(SN2CCOCC2)c1)c1cccc(Cl)c1F. The normalized spacial score (nSPS) is 15.6. The van der Waals surface area contributed by atoms with Gasteiger partial charge in [-0.1, -0.05) is 29.8 Å². The molecule has 8 heteroatoms. The van der Waals surface area contributed by atoms with E-state index in [9.17, 15) is 9.18 Å². The molecule has 142 valence electrons. The maximum atomic E-state index is 14.0. The Kier molecular flexibility index (Phi) is 6.84. The highest BCUT2D eigenvalue weighted by Crippen LogP contribution is 2.24. The summed E-state index contributed by atoms with van der Waals surface area (Å²) < 4.78 is 21.6. The second-order valence-corrected chi connectivity index (χ2v) is 7.48. The van der Waals surface area contributed by atoms with Gasteiger partial charge in [0, 0.05) is 29.1 Å². The molecule has 27 heavy (non-hydrogen) atoms. The Morgan fingerprint density at radius 3 is 2.78 bits per heavy atom. The van der Waals surface area contributed by atoms with Gasteiger partial charge in [0.2, 0.25) is 0 Å². The third kappa shape index (κ3) is 5.29. The molecule has 0 bridgehead atoms. The van der Waals surface area contributed by atoms with Crippen molar-refractivity contribution < 1.29 is 13.9 Å². The van der Waals surface area contributed by atoms with Crippen LogP contribution in [0.5, 0.6) is 0 Å². The van der Waals surface area contributed by atoms with Gasteiger partial charge in [0.15, 0.2) is 5.82 Å². The van der Waals surface area contributed by atoms with Gasteiger partial charge in [-0.25, -0.2) is 14.1 Å². The van der Waals surface area contributed by atoms with E-state index in [4.69, 9.17) is 16.3 Å². The van der Waals surface area contributed by atoms with Crippen molar-refractivity contribution in [3.05, 3.63) is 64.4 Å². The first-order valence-corrected chi connectivity index (χ1v) is 9.59. The lowest BCUT2D eigenvalue weighted by molar-refractivity contribution is 0.0773. The number of nitrogens with zero attached hydrogens (tertiary/aromatic N) is 2. The minimum atomic E-state index is -0.557. The summed E-state index contributed by atoms with van der Waals surface area (Å²) in [4.78, 5) is 13.4. The fourth-order valence-electron chi connectivity index (χ4n) is 2.52. The van der Waals surface area contributed by atoms with Crippen molar-refractivity contribution in [2.24, 2.45) is 5.10 Å². The highest BCUT2D eigenvalue weighted by molar-refractivity contribution is 7.97. The van der Waals surface area contributed by atoms with E-state index in [0.29, 0.717) is 24.5 Å². The van der Waals surface area contributed by atoms with Gasteiger partial charge in [0.25, 0.3) is 5.91 Å². The Bertz CT molecular complexity index is 857. The van der Waals surface area contributed by atoms with Crippen LogP contribution in [0.15, 0.2) is 52.5 Å². The Morgan fingerprint density at radius 2 is 2.00 bits per heavy atom. The van der Waals surface area contributed by atoms with Gasteiger partial charge in [0.1, 0.15) is 0 Å². The summed E-state index contributed by atoms with van der Waals surface area (Å²) in [6.07, 6.45) is 0. The summed E-state index contributed by atoms with van der Waals surface area (Å²) >= 11 is 7.38. The number of rotatable bonds is 5. The molecular formula is C19H19ClFN3O2S. The van der Waals surface area contributed by atoms with E-state index in [0.717, 1.165) is 18.0 Å². The van der Waals surface area contributed by atoms with Gasteiger partial charge in [-0.3, -0.25) is 4.79 Å². The predicted octanol–water partition coefficient (Wildman–Crippen LogP) is 3.97. The van der Waals surface area contributed by atoms with Gasteiger partial charge in [-0.15, -0.1) is 0 Å². The minimum absolute atomic E-state index is 0.0150. The molecule has 3 rings (SSSR count). The van der Waals surface area contributed by atoms with Crippen LogP contribution in [-0.2, 0) is 4.74 Å². The maximum absolute atomic E-state index is 14.0. The smallest absolute Gasteiger partial charge is 0.271 e. The number of halogens is 2. The molecule has 1 amide bonds. The second kappa shape index (κ2) is 9.32. The molecule has 1 N–H and O–H groups in total. The van der Waals surface area contributed by atoms with Crippen LogP contribution in [-0.4, -0.2) is 42.2 Å². The summed E-state index contributed by atoms with van der Waals surface area (Å²) in [5.74, 6) is -0.917. The number of hydrogen-bond donors (Lipinski definition) is 1. The molecule has 2 aromatic rings. The number of morpholine rings is 1. The van der Waals surface area contributed by atoms with Crippen molar-refractivity contribution >= 4 is 35.2 Å². The van der Waals surface area contributed by atoms with Crippen LogP contribution in [0, 0.1) is 5.82 Å². The minimum Gasteiger partial charge on any atom is -0.379 e. The summed E-state index contributed by atoms with van der Waals surface area (Å²) in [6, 6.07) is 11.9. The highest BCUT2D eigenvalue weighted by Gasteiger charge is 2.14. The van der Waals surface area contributed by atoms with E-state index in [2.05, 4.69) is 14.8 Å². The number of hydrogen-bond acceptors (Lipinski definition) is 5. The van der Waals surface area contributed by atoms with Crippen molar-refractivity contribution in [1.82, 2.24) is 9.73 Å². The summed E-state index contributed by atoms with van der Waals surface area (Å²) in [5, 5.41) is 4.02. The van der Waals surface area contributed by atoms with Gasteiger partial charge >= 0.3 is 0 Å². The largest absolute Gasteiger partial charge is 0.379 e. The molecule has 0 atom stereocenters. The van der Waals surface area contributed by atoms with Crippen LogP contribution >= 0.6 is 23.5 Å². The third-order valence-corrected chi connectivity index (χ3v) is 5.35. The zero-order valence-corrected chi connectivity index (χ0v) is 16.3. The molecule has 0 saturated carbocycles. The zero-order chi connectivity index (χ0) is 19.2. The molecule has 1 aliphatic rings. The van der Waals surface area contributed by atoms with Crippen LogP contribution < -0.4 is 5.43 Å². The molecule has 1 heterocycles. The van der Waals surface area contributed by atoms with Crippen LogP contribution in [0.3, 0.4) is 0 Å². The lowest BCUT2D eigenvalue weighted by atomic mass is 10.1. The van der Waals surface area contributed by atoms with Crippen LogP contribution in [0.25, 0.3) is 0 Å². The molecule has 1 fully saturated rings. The first-order valence-electron chi connectivity index (χ1n) is 8.44. The van der Waals surface area contributed by atoms with Crippen molar-refractivity contribution in [2.75, 3.05) is 26.3 Å². The Balaban J connectivity index is 1.67. The predicted molar refractivity (Wildman–Crippen MR) is 106 cm³/mol. The molecule has 1 saturated heterocycles. The van der Waals surface area contributed by atoms with E-state index in [1.54, 1.807) is 43.1 Å². The van der Waals surface area contributed by atoms with Crippen LogP contribution in [0.2, 0.25) is 5.02 Å². The molecular weight excluding hydrogens is 389 g/mol. The van der Waals surface area contributed by atoms with Crippen molar-refractivity contribution in [3.63, 3.8) is 0 Å². The average Bonchev–Trinajstić information content (AvgIpc) is 2.69. The summed E-state index contributed by atoms with van der Waals surface area (Å²) in [6.45, 7) is 4.72. The summed E-state index contributed by atoms with van der Waals surface area (Å²) in [5.41, 5.74) is 3.54. The lowest BCUT2D eigenvalue weighted by Gasteiger charge is -2.25. The first kappa shape index (κ1) is 19.8. The third-order valence-electron chi connectivity index (χ3n) is 3.97. The second-order valence-electron chi connectivity index (χ2n) is 5.90. The van der Waals surface area contributed by atoms with Gasteiger partial charge in [-0.2, -0.15) is 5.10 Å². The number of nitrogens with one attached hydrogen (secondary N) is 1. The number of ether oxygens (including phenoxy) is 1. The molecule has 1 aliphatic heterocycles. The van der Waals surface area contributed by atoms with E-state index in [-0.39, 0.29) is 16.5 Å². The zero-order valence-electron chi connectivity index (χ0n) is 14.7. The Morgan fingerprint density at radius 1 is 1.26 bits per heavy atom. The van der Waals surface area contributed by atoms with Crippen molar-refractivity contribution in [1.29, 1.82) is 0 Å². The number of benzene rings is 2. The van der Waals surface area contributed by atoms with E-state index >= 15 is 0 Å². The standard InChI is InChI=1S/C19H19ClFN3O2S/c1-13(16-6-3-7-17(20)18(16)21)22-23-19(25)14-4-2-5-15(12-14)27-24-8-10-26-11-9-24/h2-7,12H,8-11H2,1H3,(H,23,25)/b22-13+. The molecule has 0 unspecified atom stereocenters. The Hall–Kier alpha value is -1.93. The molecule has 0 aliphatic carbocycles. The monoisotopic (exact) mass is 407 g/mol. The fourth-order valence-corrected chi connectivity index (χ4v) is 3.65. The van der Waals surface area contributed by atoms with Crippen molar-refractivity contribution in [2.45, 2.75) is 11.8 Å². The number of hydrazone groups is 1. The van der Waals surface area contributed by atoms with Gasteiger partial charge < -0.3 is 4.74 Å². The number of carbonyl (C=O) groups excluding carboxylic acids is 1. The maximum Gasteiger partial charge on any atom is 0.271 e. The van der Waals surface area contributed by atoms with Crippen LogP contribution in [0.1, 0.15) is 22.8 Å². The lowest BCUT2D eigenvalue weighted by Crippen LogP contribution is -2.30. The van der Waals surface area contributed by atoms with E-state index < -0.39 is 5.82 Å². The van der Waals surface area contributed by atoms with E-state index in [1.165, 1.54) is 6.07 Å². The first-order chi connectivity index (χ1) is 13.0. The molecule has 0 aromatic heterocycles. The number of carbonyl (C=O) groups is 1. The summed E-state index contributed by atoms with van der Waals surface area (Å²) in [7, 11) is 0. The fraction of sp³-hybridized carbons (Fsp3) is 0.263. The molecule has 2 aromatic carbocycles. The molecule has 5 nitrogen and oxygen atoms in total. The van der Waals surface area contributed by atoms with E-state index in [1.807, 2.05) is 12.1 Å². The number of amides is 1. The van der Waals surface area contributed by atoms with Crippen LogP contribution in [0.4, 0.5) is 4.39 Å². The molecule has 0 spiro atoms. The Labute approximate surface area is 166 Å². The van der Waals surface area contributed by atoms with Crippen molar-refractivity contribution in [3.8, 4) is 0 Å². The highest BCUT2D eigenvalue weighted by atomic mass is 35.5. The van der Waals surface area contributed by atoms with Gasteiger partial charge in [0.05, 0.1) is 23.9 Å². The quantitative estimate of drug-likeness (QED) is 0.463. The average molecular weight is 408 g/mol. The topological polar surface area (TPSA) is 53.9 Å². The van der Waals surface area contributed by atoms with Gasteiger partial charge in [-0.05, 0) is 43.1 Å².